The minimum atomic E-state index is -0.0782. The molecule has 0 saturated heterocycles. The van der Waals surface area contributed by atoms with Crippen molar-refractivity contribution in [1.29, 1.82) is 0 Å². The zero-order valence-electron chi connectivity index (χ0n) is 15.0. The molecule has 0 radical (unpaired) electrons. The first kappa shape index (κ1) is 17.6. The summed E-state index contributed by atoms with van der Waals surface area (Å²) in [6, 6.07) is 15.4. The van der Waals surface area contributed by atoms with Gasteiger partial charge >= 0.3 is 0 Å². The highest BCUT2D eigenvalue weighted by Crippen LogP contribution is 2.18. The van der Waals surface area contributed by atoms with Gasteiger partial charge in [-0.05, 0) is 25.5 Å². The lowest BCUT2D eigenvalue weighted by Crippen LogP contribution is -2.31. The average molecular weight is 347 g/mol. The van der Waals surface area contributed by atoms with Crippen LogP contribution in [0.2, 0.25) is 0 Å². The third-order valence-electron chi connectivity index (χ3n) is 4.09. The second-order valence-corrected chi connectivity index (χ2v) is 6.17. The Morgan fingerprint density at radius 3 is 2.69 bits per heavy atom. The van der Waals surface area contributed by atoms with Crippen molar-refractivity contribution in [3.05, 3.63) is 83.8 Å². The standard InChI is InChI=1S/C21H21N3O2/c1-4-12-24(21(25)18-13-15(2)10-11-16(18)3)14-19-22-20(23-26-19)17-8-6-5-7-9-17/h4-11,13H,1,12,14H2,2-3H3. The predicted octanol–water partition coefficient (Wildman–Crippen LogP) is 4.18. The SMILES string of the molecule is C=CCN(Cc1nc(-c2ccccc2)no1)C(=O)c1cc(C)ccc1C. The van der Waals surface area contributed by atoms with E-state index in [1.54, 1.807) is 11.0 Å². The van der Waals surface area contributed by atoms with Crippen molar-refractivity contribution in [3.8, 4) is 11.4 Å². The molecule has 1 heterocycles. The number of hydrogen-bond acceptors (Lipinski definition) is 4. The molecule has 0 atom stereocenters. The Morgan fingerprint density at radius 2 is 1.96 bits per heavy atom. The minimum absolute atomic E-state index is 0.0782. The molecule has 3 rings (SSSR count). The molecule has 1 amide bonds. The molecule has 0 aliphatic rings. The monoisotopic (exact) mass is 347 g/mol. The van der Waals surface area contributed by atoms with Gasteiger partial charge < -0.3 is 9.42 Å². The fourth-order valence-corrected chi connectivity index (χ4v) is 2.70. The van der Waals surface area contributed by atoms with E-state index in [0.717, 1.165) is 16.7 Å². The summed E-state index contributed by atoms with van der Waals surface area (Å²) in [5.41, 5.74) is 3.53. The number of carbonyl (C=O) groups is 1. The summed E-state index contributed by atoms with van der Waals surface area (Å²) < 4.78 is 5.35. The van der Waals surface area contributed by atoms with Gasteiger partial charge in [0.1, 0.15) is 6.54 Å². The van der Waals surface area contributed by atoms with Gasteiger partial charge in [-0.1, -0.05) is 59.3 Å². The molecule has 0 fully saturated rings. The summed E-state index contributed by atoms with van der Waals surface area (Å²) in [6.45, 7) is 8.28. The van der Waals surface area contributed by atoms with Crippen molar-refractivity contribution in [2.45, 2.75) is 20.4 Å². The zero-order valence-corrected chi connectivity index (χ0v) is 15.0. The molecule has 0 aliphatic heterocycles. The van der Waals surface area contributed by atoms with Crippen molar-refractivity contribution in [1.82, 2.24) is 15.0 Å². The number of amides is 1. The van der Waals surface area contributed by atoms with Crippen LogP contribution < -0.4 is 0 Å². The Morgan fingerprint density at radius 1 is 1.19 bits per heavy atom. The Bertz CT molecular complexity index is 916. The summed E-state index contributed by atoms with van der Waals surface area (Å²) in [7, 11) is 0. The van der Waals surface area contributed by atoms with Crippen LogP contribution in [0.15, 0.2) is 65.7 Å². The number of rotatable bonds is 6. The van der Waals surface area contributed by atoms with E-state index in [-0.39, 0.29) is 12.5 Å². The smallest absolute Gasteiger partial charge is 0.254 e. The quantitative estimate of drug-likeness (QED) is 0.628. The molecule has 5 heteroatoms. The number of benzene rings is 2. The van der Waals surface area contributed by atoms with Gasteiger partial charge in [0.2, 0.25) is 11.7 Å². The fourth-order valence-electron chi connectivity index (χ4n) is 2.70. The molecule has 0 spiro atoms. The van der Waals surface area contributed by atoms with Gasteiger partial charge in [0.05, 0.1) is 0 Å². The van der Waals surface area contributed by atoms with Crippen LogP contribution in [-0.2, 0) is 6.54 Å². The molecule has 2 aromatic carbocycles. The second-order valence-electron chi connectivity index (χ2n) is 6.17. The van der Waals surface area contributed by atoms with E-state index in [1.807, 2.05) is 62.4 Å². The van der Waals surface area contributed by atoms with Crippen molar-refractivity contribution in [2.24, 2.45) is 0 Å². The van der Waals surface area contributed by atoms with Crippen LogP contribution in [0.1, 0.15) is 27.4 Å². The summed E-state index contributed by atoms with van der Waals surface area (Å²) in [5, 5.41) is 4.01. The van der Waals surface area contributed by atoms with Gasteiger partial charge in [-0.3, -0.25) is 4.79 Å². The molecule has 132 valence electrons. The lowest BCUT2D eigenvalue weighted by atomic mass is 10.0. The summed E-state index contributed by atoms with van der Waals surface area (Å²) >= 11 is 0. The Kier molecular flexibility index (Phi) is 5.27. The lowest BCUT2D eigenvalue weighted by molar-refractivity contribution is 0.0744. The van der Waals surface area contributed by atoms with Crippen molar-refractivity contribution < 1.29 is 9.32 Å². The van der Waals surface area contributed by atoms with Crippen molar-refractivity contribution in [2.75, 3.05) is 6.54 Å². The molecule has 0 saturated carbocycles. The van der Waals surface area contributed by atoms with Crippen molar-refractivity contribution >= 4 is 5.91 Å². The molecule has 0 aliphatic carbocycles. The first-order valence-corrected chi connectivity index (χ1v) is 8.44. The first-order chi connectivity index (χ1) is 12.6. The van der Waals surface area contributed by atoms with E-state index < -0.39 is 0 Å². The minimum Gasteiger partial charge on any atom is -0.337 e. The Hall–Kier alpha value is -3.21. The van der Waals surface area contributed by atoms with Gasteiger partial charge in [-0.2, -0.15) is 4.98 Å². The van der Waals surface area contributed by atoms with E-state index in [9.17, 15) is 4.79 Å². The third kappa shape index (κ3) is 3.88. The van der Waals surface area contributed by atoms with Gasteiger partial charge in [-0.15, -0.1) is 6.58 Å². The summed E-state index contributed by atoms with van der Waals surface area (Å²) in [6.07, 6.45) is 1.69. The average Bonchev–Trinajstić information content (AvgIpc) is 3.12. The van der Waals surface area contributed by atoms with Gasteiger partial charge in [0.25, 0.3) is 5.91 Å². The summed E-state index contributed by atoms with van der Waals surface area (Å²) in [5.74, 6) is 0.827. The maximum atomic E-state index is 13.0. The number of aryl methyl sites for hydroxylation is 2. The van der Waals surface area contributed by atoms with Gasteiger partial charge in [0, 0.05) is 17.7 Å². The zero-order chi connectivity index (χ0) is 18.5. The molecular formula is C21H21N3O2. The molecule has 26 heavy (non-hydrogen) atoms. The lowest BCUT2D eigenvalue weighted by Gasteiger charge is -2.20. The largest absolute Gasteiger partial charge is 0.337 e. The molecule has 1 aromatic heterocycles. The van der Waals surface area contributed by atoms with Crippen LogP contribution in [0.5, 0.6) is 0 Å². The van der Waals surface area contributed by atoms with E-state index in [1.165, 1.54) is 0 Å². The normalized spacial score (nSPS) is 10.5. The van der Waals surface area contributed by atoms with Gasteiger partial charge in [-0.25, -0.2) is 0 Å². The Labute approximate surface area is 153 Å². The second kappa shape index (κ2) is 7.78. The van der Waals surface area contributed by atoms with Crippen LogP contribution in [0.25, 0.3) is 11.4 Å². The van der Waals surface area contributed by atoms with Crippen LogP contribution in [0.3, 0.4) is 0 Å². The number of aromatic nitrogens is 2. The highest BCUT2D eigenvalue weighted by Gasteiger charge is 2.20. The maximum absolute atomic E-state index is 13.0. The van der Waals surface area contributed by atoms with Crippen molar-refractivity contribution in [3.63, 3.8) is 0 Å². The van der Waals surface area contributed by atoms with Crippen LogP contribution in [0.4, 0.5) is 0 Å². The Balaban J connectivity index is 1.83. The highest BCUT2D eigenvalue weighted by atomic mass is 16.5. The van der Waals surface area contributed by atoms with Crippen LogP contribution >= 0.6 is 0 Å². The van der Waals surface area contributed by atoms with Gasteiger partial charge in [0.15, 0.2) is 0 Å². The fraction of sp³-hybridized carbons (Fsp3) is 0.190. The molecule has 0 N–H and O–H groups in total. The molecule has 5 nitrogen and oxygen atoms in total. The number of carbonyl (C=O) groups excluding carboxylic acids is 1. The van der Waals surface area contributed by atoms with E-state index in [0.29, 0.717) is 23.8 Å². The third-order valence-corrected chi connectivity index (χ3v) is 4.09. The molecule has 0 unspecified atom stereocenters. The molecular weight excluding hydrogens is 326 g/mol. The first-order valence-electron chi connectivity index (χ1n) is 8.44. The predicted molar refractivity (Wildman–Crippen MR) is 101 cm³/mol. The summed E-state index contributed by atoms with van der Waals surface area (Å²) in [4.78, 5) is 19.0. The number of hydrogen-bond donors (Lipinski definition) is 0. The van der Waals surface area contributed by atoms with Crippen LogP contribution in [0, 0.1) is 13.8 Å². The van der Waals surface area contributed by atoms with Crippen LogP contribution in [-0.4, -0.2) is 27.5 Å². The highest BCUT2D eigenvalue weighted by molar-refractivity contribution is 5.95. The molecule has 3 aromatic rings. The topological polar surface area (TPSA) is 59.2 Å². The van der Waals surface area contributed by atoms with E-state index >= 15 is 0 Å². The number of nitrogens with zero attached hydrogens (tertiary/aromatic N) is 3. The maximum Gasteiger partial charge on any atom is 0.254 e. The van der Waals surface area contributed by atoms with E-state index in [4.69, 9.17) is 4.52 Å². The van der Waals surface area contributed by atoms with E-state index in [2.05, 4.69) is 16.7 Å². The molecule has 0 bridgehead atoms.